The first kappa shape index (κ1) is 22.6. The lowest BCUT2D eigenvalue weighted by Crippen LogP contribution is -2.40. The van der Waals surface area contributed by atoms with Gasteiger partial charge < -0.3 is 14.6 Å². The Hall–Kier alpha value is -3.59. The number of hydrogen-bond acceptors (Lipinski definition) is 7. The molecule has 2 aromatic carbocycles. The fraction of sp³-hybridized carbons (Fsp3) is 0.333. The minimum absolute atomic E-state index is 0.144. The molecule has 1 N–H and O–H groups in total. The summed E-state index contributed by atoms with van der Waals surface area (Å²) in [4.78, 5) is 31.6. The van der Waals surface area contributed by atoms with Gasteiger partial charge in [0.1, 0.15) is 5.82 Å². The molecule has 3 aromatic rings. The second-order valence-electron chi connectivity index (χ2n) is 7.85. The molecule has 172 valence electrons. The molecule has 1 unspecified atom stereocenters. The van der Waals surface area contributed by atoms with Gasteiger partial charge in [-0.15, -0.1) is 0 Å². The highest BCUT2D eigenvalue weighted by Gasteiger charge is 2.28. The number of aromatic nitrogens is 2. The Morgan fingerprint density at radius 1 is 1.21 bits per heavy atom. The molecule has 1 aliphatic rings. The van der Waals surface area contributed by atoms with Crippen molar-refractivity contribution in [2.45, 2.75) is 26.3 Å². The van der Waals surface area contributed by atoms with E-state index in [9.17, 15) is 14.0 Å². The molecule has 1 amide bonds. The van der Waals surface area contributed by atoms with E-state index in [0.29, 0.717) is 41.6 Å². The van der Waals surface area contributed by atoms with E-state index in [-0.39, 0.29) is 24.2 Å². The van der Waals surface area contributed by atoms with Crippen molar-refractivity contribution in [2.24, 2.45) is 5.92 Å². The van der Waals surface area contributed by atoms with Crippen molar-refractivity contribution < 1.29 is 23.2 Å². The second-order valence-corrected chi connectivity index (χ2v) is 7.85. The molecule has 1 aliphatic heterocycles. The number of ether oxygens (including phenoxy) is 1. The van der Waals surface area contributed by atoms with Gasteiger partial charge in [0.05, 0.1) is 30.3 Å². The third kappa shape index (κ3) is 5.61. The summed E-state index contributed by atoms with van der Waals surface area (Å²) in [6.07, 6.45) is 1.59. The van der Waals surface area contributed by atoms with E-state index >= 15 is 0 Å². The summed E-state index contributed by atoms with van der Waals surface area (Å²) in [5, 5.41) is 6.86. The first-order chi connectivity index (χ1) is 16.0. The maximum atomic E-state index is 13.1. The highest BCUT2D eigenvalue weighted by Crippen LogP contribution is 2.23. The zero-order valence-electron chi connectivity index (χ0n) is 18.3. The summed E-state index contributed by atoms with van der Waals surface area (Å²) in [6, 6.07) is 12.7. The molecule has 9 heteroatoms. The lowest BCUT2D eigenvalue weighted by atomic mass is 9.97. The van der Waals surface area contributed by atoms with Gasteiger partial charge in [-0.2, -0.15) is 4.98 Å². The van der Waals surface area contributed by atoms with E-state index in [1.165, 1.54) is 12.1 Å². The third-order valence-corrected chi connectivity index (χ3v) is 5.49. The van der Waals surface area contributed by atoms with Gasteiger partial charge in [-0.1, -0.05) is 17.3 Å². The molecule has 0 saturated carbocycles. The van der Waals surface area contributed by atoms with Gasteiger partial charge in [-0.05, 0) is 62.7 Å². The Morgan fingerprint density at radius 2 is 2.00 bits per heavy atom. The van der Waals surface area contributed by atoms with E-state index < -0.39 is 5.97 Å². The van der Waals surface area contributed by atoms with Crippen LogP contribution in [0.4, 0.5) is 10.1 Å². The van der Waals surface area contributed by atoms with Crippen LogP contribution in [0.3, 0.4) is 0 Å². The summed E-state index contributed by atoms with van der Waals surface area (Å²) in [7, 11) is 0. The molecule has 33 heavy (non-hydrogen) atoms. The molecule has 0 radical (unpaired) electrons. The van der Waals surface area contributed by atoms with Crippen LogP contribution in [0, 0.1) is 11.7 Å². The van der Waals surface area contributed by atoms with E-state index in [0.717, 1.165) is 19.4 Å². The summed E-state index contributed by atoms with van der Waals surface area (Å²) < 4.78 is 23.6. The van der Waals surface area contributed by atoms with Crippen molar-refractivity contribution in [3.05, 3.63) is 65.8 Å². The monoisotopic (exact) mass is 452 g/mol. The standard InChI is InChI=1S/C24H25FN4O4/c1-2-32-24(31)19-7-3-4-8-20(19)26-23(30)17-6-5-13-29(14-17)15-21-27-22(28-33-21)16-9-11-18(25)12-10-16/h3-4,7-12,17H,2,5-6,13-15H2,1H3,(H,26,30). The van der Waals surface area contributed by atoms with Crippen LogP contribution in [0.15, 0.2) is 53.1 Å². The summed E-state index contributed by atoms with van der Waals surface area (Å²) >= 11 is 0. The number of hydrogen-bond donors (Lipinski definition) is 1. The normalized spacial score (nSPS) is 16.4. The topological polar surface area (TPSA) is 97.6 Å². The Labute approximate surface area is 190 Å². The maximum absolute atomic E-state index is 13.1. The predicted molar refractivity (Wildman–Crippen MR) is 119 cm³/mol. The molecule has 8 nitrogen and oxygen atoms in total. The van der Waals surface area contributed by atoms with Crippen LogP contribution in [0.1, 0.15) is 36.0 Å². The first-order valence-corrected chi connectivity index (χ1v) is 10.9. The van der Waals surface area contributed by atoms with Crippen LogP contribution in [0.5, 0.6) is 0 Å². The number of nitrogens with one attached hydrogen (secondary N) is 1. The van der Waals surface area contributed by atoms with E-state index in [2.05, 4.69) is 20.4 Å². The van der Waals surface area contributed by atoms with E-state index in [4.69, 9.17) is 9.26 Å². The number of amides is 1. The van der Waals surface area contributed by atoms with Crippen molar-refractivity contribution in [1.82, 2.24) is 15.0 Å². The van der Waals surface area contributed by atoms with Crippen LogP contribution in [-0.4, -0.2) is 46.6 Å². The summed E-state index contributed by atoms with van der Waals surface area (Å²) in [5.74, 6) is -0.352. The molecule has 0 spiro atoms. The van der Waals surface area contributed by atoms with Gasteiger partial charge in [-0.3, -0.25) is 9.69 Å². The first-order valence-electron chi connectivity index (χ1n) is 10.9. The average molecular weight is 452 g/mol. The van der Waals surface area contributed by atoms with Gasteiger partial charge in [0.2, 0.25) is 17.6 Å². The van der Waals surface area contributed by atoms with Crippen LogP contribution in [-0.2, 0) is 16.1 Å². The second kappa shape index (κ2) is 10.4. The van der Waals surface area contributed by atoms with Crippen molar-refractivity contribution in [2.75, 3.05) is 25.0 Å². The molecule has 0 bridgehead atoms. The van der Waals surface area contributed by atoms with Crippen molar-refractivity contribution in [3.63, 3.8) is 0 Å². The summed E-state index contributed by atoms with van der Waals surface area (Å²) in [5.41, 5.74) is 1.45. The zero-order chi connectivity index (χ0) is 23.2. The number of esters is 1. The fourth-order valence-corrected chi connectivity index (χ4v) is 3.85. The molecule has 1 atom stereocenters. The SMILES string of the molecule is CCOC(=O)c1ccccc1NC(=O)C1CCCN(Cc2nc(-c3ccc(F)cc3)no2)C1. The van der Waals surface area contributed by atoms with Gasteiger partial charge >= 0.3 is 5.97 Å². The largest absolute Gasteiger partial charge is 0.462 e. The number of halogens is 1. The summed E-state index contributed by atoms with van der Waals surface area (Å²) in [6.45, 7) is 3.75. The maximum Gasteiger partial charge on any atom is 0.340 e. The minimum atomic E-state index is -0.466. The van der Waals surface area contributed by atoms with Crippen LogP contribution in [0.2, 0.25) is 0 Å². The Morgan fingerprint density at radius 3 is 2.79 bits per heavy atom. The number of anilines is 1. The molecule has 1 saturated heterocycles. The number of carbonyl (C=O) groups excluding carboxylic acids is 2. The predicted octanol–water partition coefficient (Wildman–Crippen LogP) is 3.90. The van der Waals surface area contributed by atoms with Gasteiger partial charge in [0.15, 0.2) is 0 Å². The lowest BCUT2D eigenvalue weighted by molar-refractivity contribution is -0.121. The molecule has 1 fully saturated rings. The molecule has 0 aliphatic carbocycles. The molecular weight excluding hydrogens is 427 g/mol. The van der Waals surface area contributed by atoms with Gasteiger partial charge in [0, 0.05) is 12.1 Å². The third-order valence-electron chi connectivity index (χ3n) is 5.49. The van der Waals surface area contributed by atoms with E-state index in [1.807, 2.05) is 0 Å². The van der Waals surface area contributed by atoms with Crippen molar-refractivity contribution in [1.29, 1.82) is 0 Å². The highest BCUT2D eigenvalue weighted by molar-refractivity contribution is 6.01. The quantitative estimate of drug-likeness (QED) is 0.543. The van der Waals surface area contributed by atoms with Crippen molar-refractivity contribution >= 4 is 17.6 Å². The van der Waals surface area contributed by atoms with E-state index in [1.54, 1.807) is 43.3 Å². The lowest BCUT2D eigenvalue weighted by Gasteiger charge is -2.31. The molecule has 4 rings (SSSR count). The Balaban J connectivity index is 1.38. The fourth-order valence-electron chi connectivity index (χ4n) is 3.85. The Kier molecular flexibility index (Phi) is 7.09. The van der Waals surface area contributed by atoms with Crippen molar-refractivity contribution in [3.8, 4) is 11.4 Å². The minimum Gasteiger partial charge on any atom is -0.462 e. The average Bonchev–Trinajstić information content (AvgIpc) is 3.28. The molecule has 2 heterocycles. The zero-order valence-corrected chi connectivity index (χ0v) is 18.3. The smallest absolute Gasteiger partial charge is 0.340 e. The van der Waals surface area contributed by atoms with Gasteiger partial charge in [0.25, 0.3) is 0 Å². The highest BCUT2D eigenvalue weighted by atomic mass is 19.1. The van der Waals surface area contributed by atoms with Crippen LogP contribution in [0.25, 0.3) is 11.4 Å². The van der Waals surface area contributed by atoms with Crippen LogP contribution < -0.4 is 5.32 Å². The number of benzene rings is 2. The number of nitrogens with zero attached hydrogens (tertiary/aromatic N) is 3. The number of carbonyl (C=O) groups is 2. The Bertz CT molecular complexity index is 1120. The number of piperidine rings is 1. The number of para-hydroxylation sites is 1. The number of rotatable bonds is 7. The number of likely N-dealkylation sites (tertiary alicyclic amines) is 1. The molecule has 1 aromatic heterocycles. The van der Waals surface area contributed by atoms with Crippen LogP contribution >= 0.6 is 0 Å². The van der Waals surface area contributed by atoms with Gasteiger partial charge in [-0.25, -0.2) is 9.18 Å². The molecular formula is C24H25FN4O4.